The number of hydrogen-bond donors (Lipinski definition) is 0. The van der Waals surface area contributed by atoms with E-state index in [1.807, 2.05) is 0 Å². The Morgan fingerprint density at radius 1 is 1.00 bits per heavy atom. The summed E-state index contributed by atoms with van der Waals surface area (Å²) in [5.41, 5.74) is 2.91. The summed E-state index contributed by atoms with van der Waals surface area (Å²) in [6, 6.07) is 8.55. The number of carbonyl (C=O) groups excluding carboxylic acids is 1. The van der Waals surface area contributed by atoms with Gasteiger partial charge in [0.1, 0.15) is 5.78 Å². The first kappa shape index (κ1) is 16.3. The highest BCUT2D eigenvalue weighted by molar-refractivity contribution is 5.83. The molecule has 0 spiro atoms. The van der Waals surface area contributed by atoms with E-state index in [9.17, 15) is 4.79 Å². The van der Waals surface area contributed by atoms with Crippen LogP contribution in [-0.4, -0.2) is 5.78 Å². The molecule has 1 aromatic rings. The molecule has 1 aliphatic carbocycles. The van der Waals surface area contributed by atoms with Crippen LogP contribution >= 0.6 is 0 Å². The molecule has 0 unspecified atom stereocenters. The molecular weight excluding hydrogens is 256 g/mol. The topological polar surface area (TPSA) is 17.1 Å². The fraction of sp³-hybridized carbons (Fsp3) is 0.650. The second-order valence-corrected chi connectivity index (χ2v) is 7.73. The van der Waals surface area contributed by atoms with E-state index in [2.05, 4.69) is 52.0 Å². The average Bonchev–Trinajstić information content (AvgIpc) is 2.47. The summed E-state index contributed by atoms with van der Waals surface area (Å²) in [6.45, 7) is 9.15. The maximum absolute atomic E-state index is 12.5. The molecule has 0 radical (unpaired) electrons. The van der Waals surface area contributed by atoms with Crippen LogP contribution in [0.4, 0.5) is 0 Å². The molecule has 0 heterocycles. The molecule has 0 bridgehead atoms. The molecule has 1 fully saturated rings. The van der Waals surface area contributed by atoms with Gasteiger partial charge in [-0.25, -0.2) is 0 Å². The molecule has 0 aliphatic heterocycles. The molecule has 0 atom stereocenters. The first-order valence-corrected chi connectivity index (χ1v) is 8.50. The van der Waals surface area contributed by atoms with Crippen LogP contribution in [0.15, 0.2) is 24.3 Å². The standard InChI is InChI=1S/C20H30O/c1-5-15-6-8-16(9-7-15)14-19(21)17-10-12-18(13-11-17)20(2,3)4/h6-9,17-18H,5,10-14H2,1-4H3. The molecule has 1 aromatic carbocycles. The Balaban J connectivity index is 1.87. The molecule has 1 heteroatoms. The molecular formula is C20H30O. The van der Waals surface area contributed by atoms with Crippen molar-refractivity contribution in [2.45, 2.75) is 66.2 Å². The lowest BCUT2D eigenvalue weighted by Gasteiger charge is -2.36. The molecule has 21 heavy (non-hydrogen) atoms. The molecule has 116 valence electrons. The van der Waals surface area contributed by atoms with Gasteiger partial charge in [0.2, 0.25) is 0 Å². The van der Waals surface area contributed by atoms with Crippen molar-refractivity contribution in [3.8, 4) is 0 Å². The Morgan fingerprint density at radius 2 is 1.52 bits per heavy atom. The highest BCUT2D eigenvalue weighted by atomic mass is 16.1. The highest BCUT2D eigenvalue weighted by Gasteiger charge is 2.32. The Labute approximate surface area is 130 Å². The number of carbonyl (C=O) groups is 1. The van der Waals surface area contributed by atoms with Gasteiger partial charge in [-0.15, -0.1) is 0 Å². The summed E-state index contributed by atoms with van der Waals surface area (Å²) in [4.78, 5) is 12.5. The number of rotatable bonds is 4. The van der Waals surface area contributed by atoms with Gasteiger partial charge in [0.15, 0.2) is 0 Å². The predicted octanol–water partition coefficient (Wildman–Crippen LogP) is 5.21. The van der Waals surface area contributed by atoms with Crippen LogP contribution in [0, 0.1) is 17.3 Å². The molecule has 0 amide bonds. The van der Waals surface area contributed by atoms with Crippen molar-refractivity contribution in [2.75, 3.05) is 0 Å². The largest absolute Gasteiger partial charge is 0.299 e. The van der Waals surface area contributed by atoms with E-state index in [1.54, 1.807) is 0 Å². The number of ketones is 1. The third-order valence-corrected chi connectivity index (χ3v) is 5.22. The van der Waals surface area contributed by atoms with Crippen molar-refractivity contribution >= 4 is 5.78 Å². The second-order valence-electron chi connectivity index (χ2n) is 7.73. The Hall–Kier alpha value is -1.11. The lowest BCUT2D eigenvalue weighted by Crippen LogP contribution is -2.29. The van der Waals surface area contributed by atoms with Crippen molar-refractivity contribution in [3.63, 3.8) is 0 Å². The van der Waals surface area contributed by atoms with E-state index >= 15 is 0 Å². The fourth-order valence-electron chi connectivity index (χ4n) is 3.52. The molecule has 0 aromatic heterocycles. The van der Waals surface area contributed by atoms with Crippen molar-refractivity contribution in [1.29, 1.82) is 0 Å². The van der Waals surface area contributed by atoms with Gasteiger partial charge >= 0.3 is 0 Å². The summed E-state index contributed by atoms with van der Waals surface area (Å²) in [6.07, 6.45) is 6.30. The van der Waals surface area contributed by atoms with Crippen LogP contribution in [0.25, 0.3) is 0 Å². The Bertz CT molecular complexity index is 456. The summed E-state index contributed by atoms with van der Waals surface area (Å²) in [5, 5.41) is 0. The maximum atomic E-state index is 12.5. The molecule has 1 aliphatic rings. The van der Waals surface area contributed by atoms with Crippen molar-refractivity contribution in [2.24, 2.45) is 17.3 Å². The van der Waals surface area contributed by atoms with Gasteiger partial charge in [0, 0.05) is 12.3 Å². The number of hydrogen-bond acceptors (Lipinski definition) is 1. The zero-order valence-electron chi connectivity index (χ0n) is 14.1. The molecule has 2 rings (SSSR count). The second kappa shape index (κ2) is 6.77. The minimum Gasteiger partial charge on any atom is -0.299 e. The summed E-state index contributed by atoms with van der Waals surface area (Å²) >= 11 is 0. The normalized spacial score (nSPS) is 23.0. The average molecular weight is 286 g/mol. The van der Waals surface area contributed by atoms with Gasteiger partial charge in [-0.2, -0.15) is 0 Å². The van der Waals surface area contributed by atoms with Crippen LogP contribution in [0.3, 0.4) is 0 Å². The molecule has 0 N–H and O–H groups in total. The zero-order chi connectivity index (χ0) is 15.5. The quantitative estimate of drug-likeness (QED) is 0.742. The summed E-state index contributed by atoms with van der Waals surface area (Å²) in [5.74, 6) is 1.53. The number of benzene rings is 1. The van der Waals surface area contributed by atoms with Gasteiger partial charge in [-0.05, 0) is 54.6 Å². The lowest BCUT2D eigenvalue weighted by atomic mass is 9.69. The van der Waals surface area contributed by atoms with Crippen LogP contribution in [0.2, 0.25) is 0 Å². The zero-order valence-corrected chi connectivity index (χ0v) is 14.1. The summed E-state index contributed by atoms with van der Waals surface area (Å²) < 4.78 is 0. The van der Waals surface area contributed by atoms with E-state index in [4.69, 9.17) is 0 Å². The fourth-order valence-corrected chi connectivity index (χ4v) is 3.52. The third-order valence-electron chi connectivity index (χ3n) is 5.22. The third kappa shape index (κ3) is 4.43. The van der Waals surface area contributed by atoms with Crippen molar-refractivity contribution in [3.05, 3.63) is 35.4 Å². The number of Topliss-reactive ketones (excluding diaryl/α,β-unsaturated/α-hetero) is 1. The Kier molecular flexibility index (Phi) is 5.24. The summed E-state index contributed by atoms with van der Waals surface area (Å²) in [7, 11) is 0. The molecule has 1 nitrogen and oxygen atoms in total. The minimum absolute atomic E-state index is 0.300. The van der Waals surface area contributed by atoms with Crippen molar-refractivity contribution in [1.82, 2.24) is 0 Å². The van der Waals surface area contributed by atoms with Crippen molar-refractivity contribution < 1.29 is 4.79 Å². The van der Waals surface area contributed by atoms with Crippen LogP contribution in [0.5, 0.6) is 0 Å². The van der Waals surface area contributed by atoms with Gasteiger partial charge in [-0.3, -0.25) is 4.79 Å². The van der Waals surface area contributed by atoms with Gasteiger partial charge in [0.05, 0.1) is 0 Å². The molecule has 0 saturated heterocycles. The first-order valence-electron chi connectivity index (χ1n) is 8.50. The smallest absolute Gasteiger partial charge is 0.140 e. The monoisotopic (exact) mass is 286 g/mol. The first-order chi connectivity index (χ1) is 9.90. The predicted molar refractivity (Wildman–Crippen MR) is 89.4 cm³/mol. The SMILES string of the molecule is CCc1ccc(CC(=O)C2CCC(C(C)(C)C)CC2)cc1. The molecule has 1 saturated carbocycles. The number of aryl methyl sites for hydroxylation is 1. The van der Waals surface area contributed by atoms with Gasteiger partial charge in [-0.1, -0.05) is 52.0 Å². The van der Waals surface area contributed by atoms with Crippen LogP contribution in [-0.2, 0) is 17.6 Å². The maximum Gasteiger partial charge on any atom is 0.140 e. The van der Waals surface area contributed by atoms with E-state index in [0.29, 0.717) is 23.5 Å². The van der Waals surface area contributed by atoms with E-state index in [0.717, 1.165) is 25.2 Å². The van der Waals surface area contributed by atoms with E-state index < -0.39 is 0 Å². The lowest BCUT2D eigenvalue weighted by molar-refractivity contribution is -0.123. The van der Waals surface area contributed by atoms with E-state index in [-0.39, 0.29) is 0 Å². The minimum atomic E-state index is 0.300. The van der Waals surface area contributed by atoms with E-state index in [1.165, 1.54) is 24.0 Å². The van der Waals surface area contributed by atoms with Crippen LogP contribution in [0.1, 0.15) is 64.5 Å². The Morgan fingerprint density at radius 3 is 2.00 bits per heavy atom. The van der Waals surface area contributed by atoms with Crippen LogP contribution < -0.4 is 0 Å². The van der Waals surface area contributed by atoms with Gasteiger partial charge < -0.3 is 0 Å². The highest BCUT2D eigenvalue weighted by Crippen LogP contribution is 2.40. The van der Waals surface area contributed by atoms with Gasteiger partial charge in [0.25, 0.3) is 0 Å².